The SMILES string of the molecule is CC(C)(C=O)CCC(Cl)C#N. The largest absolute Gasteiger partial charge is 0.303 e. The third-order valence-electron chi connectivity index (χ3n) is 1.50. The summed E-state index contributed by atoms with van der Waals surface area (Å²) in [7, 11) is 0. The second-order valence-electron chi connectivity index (χ2n) is 3.24. The molecule has 3 heteroatoms. The first-order valence-corrected chi connectivity index (χ1v) is 3.95. The van der Waals surface area contributed by atoms with Gasteiger partial charge in [-0.05, 0) is 12.8 Å². The van der Waals surface area contributed by atoms with Crippen molar-refractivity contribution in [1.29, 1.82) is 5.26 Å². The standard InChI is InChI=1S/C8H12ClNO/c1-8(2,6-11)4-3-7(9)5-10/h6-7H,3-4H2,1-2H3. The Hall–Kier alpha value is -0.550. The Morgan fingerprint density at radius 2 is 2.27 bits per heavy atom. The summed E-state index contributed by atoms with van der Waals surface area (Å²) >= 11 is 5.55. The van der Waals surface area contributed by atoms with E-state index in [0.29, 0.717) is 12.8 Å². The fourth-order valence-corrected chi connectivity index (χ4v) is 0.731. The normalized spacial score (nSPS) is 13.6. The summed E-state index contributed by atoms with van der Waals surface area (Å²) in [6.45, 7) is 3.67. The van der Waals surface area contributed by atoms with Crippen LogP contribution in [0.3, 0.4) is 0 Å². The highest BCUT2D eigenvalue weighted by Gasteiger charge is 2.17. The molecular weight excluding hydrogens is 162 g/mol. The highest BCUT2D eigenvalue weighted by atomic mass is 35.5. The Balaban J connectivity index is 3.71. The summed E-state index contributed by atoms with van der Waals surface area (Å²) in [6, 6.07) is 1.91. The highest BCUT2D eigenvalue weighted by Crippen LogP contribution is 2.21. The van der Waals surface area contributed by atoms with Crippen molar-refractivity contribution in [2.45, 2.75) is 32.1 Å². The van der Waals surface area contributed by atoms with Crippen LogP contribution in [-0.2, 0) is 4.79 Å². The summed E-state index contributed by atoms with van der Waals surface area (Å²) < 4.78 is 0. The summed E-state index contributed by atoms with van der Waals surface area (Å²) in [5, 5.41) is 7.87. The Kier molecular flexibility index (Phi) is 4.14. The number of carbonyl (C=O) groups is 1. The molecule has 1 unspecified atom stereocenters. The van der Waals surface area contributed by atoms with Gasteiger partial charge in [-0.2, -0.15) is 5.26 Å². The van der Waals surface area contributed by atoms with Crippen LogP contribution in [0.1, 0.15) is 26.7 Å². The van der Waals surface area contributed by atoms with Crippen LogP contribution in [0, 0.1) is 16.7 Å². The van der Waals surface area contributed by atoms with Crippen molar-refractivity contribution in [2.75, 3.05) is 0 Å². The Morgan fingerprint density at radius 1 is 1.73 bits per heavy atom. The minimum Gasteiger partial charge on any atom is -0.303 e. The van der Waals surface area contributed by atoms with Crippen molar-refractivity contribution in [3.63, 3.8) is 0 Å². The second kappa shape index (κ2) is 4.35. The van der Waals surface area contributed by atoms with Crippen molar-refractivity contribution in [1.82, 2.24) is 0 Å². The predicted molar refractivity (Wildman–Crippen MR) is 44.3 cm³/mol. The zero-order valence-electron chi connectivity index (χ0n) is 6.80. The number of hydrogen-bond donors (Lipinski definition) is 0. The number of nitriles is 1. The highest BCUT2D eigenvalue weighted by molar-refractivity contribution is 6.22. The van der Waals surface area contributed by atoms with E-state index in [1.807, 2.05) is 19.9 Å². The maximum Gasteiger partial charge on any atom is 0.125 e. The molecule has 62 valence electrons. The molecule has 2 nitrogen and oxygen atoms in total. The predicted octanol–water partition coefficient (Wildman–Crippen LogP) is 2.12. The smallest absolute Gasteiger partial charge is 0.125 e. The maximum absolute atomic E-state index is 10.4. The number of carbonyl (C=O) groups excluding carboxylic acids is 1. The molecule has 0 aliphatic heterocycles. The number of nitrogens with zero attached hydrogens (tertiary/aromatic N) is 1. The molecule has 0 spiro atoms. The summed E-state index contributed by atoms with van der Waals surface area (Å²) in [6.07, 6.45) is 2.13. The lowest BCUT2D eigenvalue weighted by Crippen LogP contribution is -2.14. The quantitative estimate of drug-likeness (QED) is 0.483. The van der Waals surface area contributed by atoms with Gasteiger partial charge in [-0.15, -0.1) is 11.6 Å². The van der Waals surface area contributed by atoms with Crippen molar-refractivity contribution in [3.8, 4) is 6.07 Å². The molecule has 0 aromatic carbocycles. The van der Waals surface area contributed by atoms with Crippen LogP contribution >= 0.6 is 11.6 Å². The lowest BCUT2D eigenvalue weighted by molar-refractivity contribution is -0.115. The van der Waals surface area contributed by atoms with Gasteiger partial charge in [-0.1, -0.05) is 13.8 Å². The van der Waals surface area contributed by atoms with Gasteiger partial charge in [0.2, 0.25) is 0 Å². The third-order valence-corrected chi connectivity index (χ3v) is 1.82. The second-order valence-corrected chi connectivity index (χ2v) is 3.77. The van der Waals surface area contributed by atoms with Gasteiger partial charge in [-0.25, -0.2) is 0 Å². The maximum atomic E-state index is 10.4. The van der Waals surface area contributed by atoms with E-state index in [-0.39, 0.29) is 5.41 Å². The minimum atomic E-state index is -0.464. The molecule has 0 amide bonds. The first kappa shape index (κ1) is 10.4. The van der Waals surface area contributed by atoms with E-state index in [9.17, 15) is 4.79 Å². The zero-order valence-corrected chi connectivity index (χ0v) is 7.56. The van der Waals surface area contributed by atoms with Gasteiger partial charge in [0.1, 0.15) is 11.7 Å². The number of aldehydes is 1. The molecule has 0 N–H and O–H groups in total. The van der Waals surface area contributed by atoms with Crippen LogP contribution in [0.25, 0.3) is 0 Å². The molecule has 0 bridgehead atoms. The lowest BCUT2D eigenvalue weighted by Gasteiger charge is -2.15. The van der Waals surface area contributed by atoms with Crippen LogP contribution in [-0.4, -0.2) is 11.7 Å². The molecule has 0 fully saturated rings. The van der Waals surface area contributed by atoms with E-state index in [1.54, 1.807) is 0 Å². The van der Waals surface area contributed by atoms with Crippen LogP contribution in [0.5, 0.6) is 0 Å². The summed E-state index contributed by atoms with van der Waals surface area (Å²) in [5.41, 5.74) is -0.343. The topological polar surface area (TPSA) is 40.9 Å². The summed E-state index contributed by atoms with van der Waals surface area (Å²) in [5.74, 6) is 0. The van der Waals surface area contributed by atoms with E-state index in [0.717, 1.165) is 6.29 Å². The van der Waals surface area contributed by atoms with E-state index in [2.05, 4.69) is 0 Å². The number of alkyl halides is 1. The average molecular weight is 174 g/mol. The Morgan fingerprint density at radius 3 is 2.64 bits per heavy atom. The molecule has 0 saturated heterocycles. The van der Waals surface area contributed by atoms with E-state index >= 15 is 0 Å². The van der Waals surface area contributed by atoms with Crippen molar-refractivity contribution >= 4 is 17.9 Å². The number of halogens is 1. The minimum absolute atomic E-state index is 0.343. The molecule has 0 rings (SSSR count). The van der Waals surface area contributed by atoms with Crippen LogP contribution < -0.4 is 0 Å². The third kappa shape index (κ3) is 4.80. The summed E-state index contributed by atoms with van der Waals surface area (Å²) in [4.78, 5) is 10.4. The van der Waals surface area contributed by atoms with E-state index < -0.39 is 5.38 Å². The van der Waals surface area contributed by atoms with Gasteiger partial charge in [0.15, 0.2) is 0 Å². The van der Waals surface area contributed by atoms with Gasteiger partial charge >= 0.3 is 0 Å². The Bertz CT molecular complexity index is 171. The zero-order chi connectivity index (χ0) is 8.91. The van der Waals surface area contributed by atoms with Gasteiger partial charge in [0.05, 0.1) is 6.07 Å². The van der Waals surface area contributed by atoms with Crippen LogP contribution in [0.15, 0.2) is 0 Å². The molecule has 11 heavy (non-hydrogen) atoms. The van der Waals surface area contributed by atoms with E-state index in [1.165, 1.54) is 0 Å². The lowest BCUT2D eigenvalue weighted by atomic mass is 9.89. The molecular formula is C8H12ClNO. The number of rotatable bonds is 4. The van der Waals surface area contributed by atoms with Crippen molar-refractivity contribution < 1.29 is 4.79 Å². The van der Waals surface area contributed by atoms with Crippen LogP contribution in [0.4, 0.5) is 0 Å². The Labute approximate surface area is 72.2 Å². The van der Waals surface area contributed by atoms with Crippen LogP contribution in [0.2, 0.25) is 0 Å². The molecule has 1 atom stereocenters. The van der Waals surface area contributed by atoms with Gasteiger partial charge in [0, 0.05) is 5.41 Å². The fourth-order valence-electron chi connectivity index (χ4n) is 0.622. The van der Waals surface area contributed by atoms with Gasteiger partial charge < -0.3 is 4.79 Å². The molecule has 0 radical (unpaired) electrons. The van der Waals surface area contributed by atoms with Crippen molar-refractivity contribution in [2.24, 2.45) is 5.41 Å². The molecule has 0 aliphatic carbocycles. The molecule has 0 saturated carbocycles. The van der Waals surface area contributed by atoms with Crippen molar-refractivity contribution in [3.05, 3.63) is 0 Å². The molecule has 0 aromatic heterocycles. The first-order valence-electron chi connectivity index (χ1n) is 3.52. The van der Waals surface area contributed by atoms with Gasteiger partial charge in [-0.3, -0.25) is 0 Å². The first-order chi connectivity index (χ1) is 5.02. The fraction of sp³-hybridized carbons (Fsp3) is 0.750. The number of hydrogen-bond acceptors (Lipinski definition) is 2. The molecule has 0 aromatic rings. The molecule has 0 aliphatic rings. The van der Waals surface area contributed by atoms with E-state index in [4.69, 9.17) is 16.9 Å². The van der Waals surface area contributed by atoms with Gasteiger partial charge in [0.25, 0.3) is 0 Å². The average Bonchev–Trinajstić information content (AvgIpc) is 2.00. The molecule has 0 heterocycles. The monoisotopic (exact) mass is 173 g/mol.